The van der Waals surface area contributed by atoms with Crippen LogP contribution in [0.25, 0.3) is 0 Å². The van der Waals surface area contributed by atoms with Gasteiger partial charge in [0, 0.05) is 11.3 Å². The van der Waals surface area contributed by atoms with E-state index in [4.69, 9.17) is 26.8 Å². The fraction of sp³-hybridized carbons (Fsp3) is 0.278. The summed E-state index contributed by atoms with van der Waals surface area (Å²) < 4.78 is 10.8. The molecule has 0 aliphatic carbocycles. The molecule has 0 saturated heterocycles. The zero-order valence-electron chi connectivity index (χ0n) is 14.1. The van der Waals surface area contributed by atoms with Crippen LogP contribution >= 0.6 is 11.6 Å². The van der Waals surface area contributed by atoms with Gasteiger partial charge in [-0.2, -0.15) is 0 Å². The Kier molecular flexibility index (Phi) is 6.32. The van der Waals surface area contributed by atoms with E-state index in [0.29, 0.717) is 29.9 Å². The first-order valence-electron chi connectivity index (χ1n) is 7.66. The van der Waals surface area contributed by atoms with Gasteiger partial charge in [-0.1, -0.05) is 23.7 Å². The zero-order chi connectivity index (χ0) is 17.5. The highest BCUT2D eigenvalue weighted by molar-refractivity contribution is 6.32. The summed E-state index contributed by atoms with van der Waals surface area (Å²) in [6, 6.07) is 11.4. The number of benzene rings is 2. The summed E-state index contributed by atoms with van der Waals surface area (Å²) in [5.41, 5.74) is 8.83. The number of guanidine groups is 1. The standard InChI is InChI=1S/C18H22ClN3O2/c1-4-24-17-9-12(2)5-6-13(17)11-21-18(20)22-14-7-8-16(23-3)15(19)10-14/h5-10H,4,11H2,1-3H3,(H3,20,21,22). The Morgan fingerprint density at radius 2 is 2.00 bits per heavy atom. The number of halogens is 1. The van der Waals surface area contributed by atoms with Gasteiger partial charge in [0.25, 0.3) is 0 Å². The largest absolute Gasteiger partial charge is 0.495 e. The van der Waals surface area contributed by atoms with Crippen LogP contribution in [0.3, 0.4) is 0 Å². The molecular formula is C18H22ClN3O2. The lowest BCUT2D eigenvalue weighted by molar-refractivity contribution is 0.336. The highest BCUT2D eigenvalue weighted by Gasteiger charge is 2.05. The Labute approximate surface area is 147 Å². The van der Waals surface area contributed by atoms with Gasteiger partial charge in [0.05, 0.1) is 25.3 Å². The lowest BCUT2D eigenvalue weighted by Gasteiger charge is -2.11. The molecule has 128 valence electrons. The summed E-state index contributed by atoms with van der Waals surface area (Å²) in [6.45, 7) is 5.02. The van der Waals surface area contributed by atoms with Crippen molar-refractivity contribution in [1.29, 1.82) is 0 Å². The molecule has 5 nitrogen and oxygen atoms in total. The molecule has 2 aromatic rings. The van der Waals surface area contributed by atoms with Crippen molar-refractivity contribution >= 4 is 23.2 Å². The predicted molar refractivity (Wildman–Crippen MR) is 99.3 cm³/mol. The van der Waals surface area contributed by atoms with Crippen LogP contribution in [0.4, 0.5) is 5.69 Å². The summed E-state index contributed by atoms with van der Waals surface area (Å²) in [5.74, 6) is 1.75. The molecule has 0 atom stereocenters. The van der Waals surface area contributed by atoms with Crippen LogP contribution in [0, 0.1) is 6.92 Å². The summed E-state index contributed by atoms with van der Waals surface area (Å²) in [5, 5.41) is 3.52. The van der Waals surface area contributed by atoms with Crippen LogP contribution < -0.4 is 20.5 Å². The fourth-order valence-electron chi connectivity index (χ4n) is 2.18. The predicted octanol–water partition coefficient (Wildman–Crippen LogP) is 3.98. The molecule has 0 saturated carbocycles. The van der Waals surface area contributed by atoms with E-state index in [1.54, 1.807) is 19.2 Å². The molecular weight excluding hydrogens is 326 g/mol. The van der Waals surface area contributed by atoms with Crippen molar-refractivity contribution in [3.8, 4) is 11.5 Å². The van der Waals surface area contributed by atoms with Gasteiger partial charge in [0.2, 0.25) is 0 Å². The maximum atomic E-state index is 6.09. The molecule has 0 aliphatic rings. The number of ether oxygens (including phenoxy) is 2. The van der Waals surface area contributed by atoms with Gasteiger partial charge >= 0.3 is 0 Å². The molecule has 0 aliphatic heterocycles. The summed E-state index contributed by atoms with van der Waals surface area (Å²) in [6.07, 6.45) is 0. The fourth-order valence-corrected chi connectivity index (χ4v) is 2.44. The summed E-state index contributed by atoms with van der Waals surface area (Å²) in [7, 11) is 1.57. The third-order valence-corrected chi connectivity index (χ3v) is 3.66. The first-order chi connectivity index (χ1) is 11.5. The molecule has 0 radical (unpaired) electrons. The minimum atomic E-state index is 0.305. The highest BCUT2D eigenvalue weighted by Crippen LogP contribution is 2.27. The lowest BCUT2D eigenvalue weighted by Crippen LogP contribution is -2.22. The number of nitrogens with one attached hydrogen (secondary N) is 1. The van der Waals surface area contributed by atoms with Crippen LogP contribution in [0.2, 0.25) is 5.02 Å². The van der Waals surface area contributed by atoms with Crippen LogP contribution in [-0.2, 0) is 6.54 Å². The SMILES string of the molecule is CCOc1cc(C)ccc1CN=C(N)Nc1ccc(OC)c(Cl)c1. The molecule has 6 heteroatoms. The second-order valence-corrected chi connectivity index (χ2v) is 5.63. The average molecular weight is 348 g/mol. The minimum absolute atomic E-state index is 0.305. The van der Waals surface area contributed by atoms with Crippen molar-refractivity contribution in [2.45, 2.75) is 20.4 Å². The molecule has 2 rings (SSSR count). The number of hydrogen-bond acceptors (Lipinski definition) is 3. The number of hydrogen-bond donors (Lipinski definition) is 2. The van der Waals surface area contributed by atoms with Gasteiger partial charge in [0.1, 0.15) is 11.5 Å². The molecule has 0 amide bonds. The second kappa shape index (κ2) is 8.45. The Hall–Kier alpha value is -2.40. The van der Waals surface area contributed by atoms with Crippen molar-refractivity contribution < 1.29 is 9.47 Å². The molecule has 0 fully saturated rings. The van der Waals surface area contributed by atoms with Gasteiger partial charge in [-0.15, -0.1) is 0 Å². The van der Waals surface area contributed by atoms with Gasteiger partial charge in [0.15, 0.2) is 5.96 Å². The van der Waals surface area contributed by atoms with Crippen molar-refractivity contribution in [3.05, 3.63) is 52.5 Å². The third-order valence-electron chi connectivity index (χ3n) is 3.37. The average Bonchev–Trinajstić information content (AvgIpc) is 2.54. The normalized spacial score (nSPS) is 11.2. The van der Waals surface area contributed by atoms with Gasteiger partial charge in [-0.25, -0.2) is 4.99 Å². The van der Waals surface area contributed by atoms with E-state index in [2.05, 4.69) is 10.3 Å². The van der Waals surface area contributed by atoms with Crippen molar-refractivity contribution in [1.82, 2.24) is 0 Å². The first-order valence-corrected chi connectivity index (χ1v) is 8.04. The maximum Gasteiger partial charge on any atom is 0.193 e. The molecule has 0 bridgehead atoms. The van der Waals surface area contributed by atoms with E-state index in [9.17, 15) is 0 Å². The number of nitrogens with two attached hydrogens (primary N) is 1. The Balaban J connectivity index is 2.08. The van der Waals surface area contributed by atoms with E-state index in [1.807, 2.05) is 38.1 Å². The number of methoxy groups -OCH3 is 1. The van der Waals surface area contributed by atoms with E-state index in [0.717, 1.165) is 22.6 Å². The van der Waals surface area contributed by atoms with Crippen LogP contribution in [0.1, 0.15) is 18.1 Å². The lowest BCUT2D eigenvalue weighted by atomic mass is 10.1. The number of aryl methyl sites for hydroxylation is 1. The van der Waals surface area contributed by atoms with E-state index >= 15 is 0 Å². The first kappa shape index (κ1) is 17.9. The third kappa shape index (κ3) is 4.80. The number of nitrogens with zero attached hydrogens (tertiary/aromatic N) is 1. The number of aliphatic imine (C=N–C) groups is 1. The zero-order valence-corrected chi connectivity index (χ0v) is 14.9. The molecule has 0 aromatic heterocycles. The van der Waals surface area contributed by atoms with Crippen LogP contribution in [-0.4, -0.2) is 19.7 Å². The Morgan fingerprint density at radius 3 is 2.67 bits per heavy atom. The molecule has 3 N–H and O–H groups in total. The van der Waals surface area contributed by atoms with E-state index in [-0.39, 0.29) is 0 Å². The van der Waals surface area contributed by atoms with Crippen molar-refractivity contribution in [3.63, 3.8) is 0 Å². The van der Waals surface area contributed by atoms with E-state index < -0.39 is 0 Å². The van der Waals surface area contributed by atoms with E-state index in [1.165, 1.54) is 0 Å². The maximum absolute atomic E-state index is 6.09. The van der Waals surface area contributed by atoms with Gasteiger partial charge < -0.3 is 20.5 Å². The smallest absolute Gasteiger partial charge is 0.193 e. The quantitative estimate of drug-likeness (QED) is 0.612. The molecule has 24 heavy (non-hydrogen) atoms. The monoisotopic (exact) mass is 347 g/mol. The Morgan fingerprint density at radius 1 is 1.21 bits per heavy atom. The molecule has 0 spiro atoms. The molecule has 0 heterocycles. The van der Waals surface area contributed by atoms with Gasteiger partial charge in [-0.3, -0.25) is 0 Å². The van der Waals surface area contributed by atoms with Crippen LogP contribution in [0.5, 0.6) is 11.5 Å². The van der Waals surface area contributed by atoms with Crippen molar-refractivity contribution in [2.24, 2.45) is 10.7 Å². The second-order valence-electron chi connectivity index (χ2n) is 5.22. The number of anilines is 1. The minimum Gasteiger partial charge on any atom is -0.495 e. The van der Waals surface area contributed by atoms with Crippen molar-refractivity contribution in [2.75, 3.05) is 19.0 Å². The van der Waals surface area contributed by atoms with Crippen LogP contribution in [0.15, 0.2) is 41.4 Å². The Bertz CT molecular complexity index is 732. The molecule has 0 unspecified atom stereocenters. The summed E-state index contributed by atoms with van der Waals surface area (Å²) >= 11 is 6.09. The highest BCUT2D eigenvalue weighted by atomic mass is 35.5. The summed E-state index contributed by atoms with van der Waals surface area (Å²) in [4.78, 5) is 4.36. The number of rotatable bonds is 6. The molecule has 2 aromatic carbocycles. The van der Waals surface area contributed by atoms with Gasteiger partial charge in [-0.05, 0) is 43.7 Å². The topological polar surface area (TPSA) is 68.9 Å².